The summed E-state index contributed by atoms with van der Waals surface area (Å²) in [5.74, 6) is 0.341. The number of hydrogen-bond acceptors (Lipinski definition) is 4. The highest BCUT2D eigenvalue weighted by Gasteiger charge is 2.22. The van der Waals surface area contributed by atoms with Crippen LogP contribution in [0, 0.1) is 5.82 Å². The number of amides is 1. The molecule has 0 N–H and O–H groups in total. The van der Waals surface area contributed by atoms with Crippen molar-refractivity contribution in [3.05, 3.63) is 54.3 Å². The molecule has 1 heterocycles. The van der Waals surface area contributed by atoms with Gasteiger partial charge in [-0.1, -0.05) is 12.1 Å². The number of halogens is 1. The van der Waals surface area contributed by atoms with E-state index in [1.165, 1.54) is 12.1 Å². The van der Waals surface area contributed by atoms with Crippen molar-refractivity contribution >= 4 is 11.6 Å². The van der Waals surface area contributed by atoms with Crippen LogP contribution in [0.15, 0.2) is 48.5 Å². The molecule has 2 aromatic rings. The molecule has 5 nitrogen and oxygen atoms in total. The van der Waals surface area contributed by atoms with Crippen molar-refractivity contribution in [2.24, 2.45) is 0 Å². The smallest absolute Gasteiger partial charge is 0.260 e. The van der Waals surface area contributed by atoms with Crippen LogP contribution in [0.2, 0.25) is 0 Å². The van der Waals surface area contributed by atoms with Gasteiger partial charge in [0.1, 0.15) is 5.75 Å². The Bertz CT molecular complexity index is 713. The zero-order valence-corrected chi connectivity index (χ0v) is 14.2. The van der Waals surface area contributed by atoms with Crippen LogP contribution >= 0.6 is 0 Å². The number of para-hydroxylation sites is 1. The van der Waals surface area contributed by atoms with E-state index in [-0.39, 0.29) is 18.3 Å². The van der Waals surface area contributed by atoms with Gasteiger partial charge in [-0.2, -0.15) is 0 Å². The van der Waals surface area contributed by atoms with Gasteiger partial charge in [0.2, 0.25) is 0 Å². The van der Waals surface area contributed by atoms with Crippen LogP contribution in [0.25, 0.3) is 0 Å². The van der Waals surface area contributed by atoms with E-state index in [2.05, 4.69) is 4.90 Å². The summed E-state index contributed by atoms with van der Waals surface area (Å²) in [5.41, 5.74) is 1.11. The molecule has 0 atom stereocenters. The van der Waals surface area contributed by atoms with Crippen molar-refractivity contribution in [3.63, 3.8) is 0 Å². The molecule has 0 spiro atoms. The number of piperazine rings is 1. The van der Waals surface area contributed by atoms with Crippen LogP contribution in [-0.4, -0.2) is 50.7 Å². The van der Waals surface area contributed by atoms with Crippen LogP contribution < -0.4 is 14.4 Å². The van der Waals surface area contributed by atoms with E-state index in [1.807, 2.05) is 24.3 Å². The number of carbonyl (C=O) groups is 1. The largest absolute Gasteiger partial charge is 0.497 e. The Hall–Kier alpha value is -2.76. The molecule has 25 heavy (non-hydrogen) atoms. The van der Waals surface area contributed by atoms with Crippen molar-refractivity contribution in [2.45, 2.75) is 0 Å². The standard InChI is InChI=1S/C19H21FN2O3/c1-24-16-8-6-15(7-9-16)21-10-12-22(13-11-21)19(23)14-25-18-5-3-2-4-17(18)20/h2-9H,10-14H2,1H3. The average Bonchev–Trinajstić information content (AvgIpc) is 2.67. The second-order valence-corrected chi connectivity index (χ2v) is 5.78. The molecule has 132 valence electrons. The molecular weight excluding hydrogens is 323 g/mol. The number of methoxy groups -OCH3 is 1. The lowest BCUT2D eigenvalue weighted by atomic mass is 10.2. The van der Waals surface area contributed by atoms with Crippen LogP contribution in [0.5, 0.6) is 11.5 Å². The summed E-state index contributed by atoms with van der Waals surface area (Å²) < 4.78 is 24.0. The highest BCUT2D eigenvalue weighted by molar-refractivity contribution is 5.78. The summed E-state index contributed by atoms with van der Waals surface area (Å²) in [6, 6.07) is 14.0. The van der Waals surface area contributed by atoms with E-state index in [0.717, 1.165) is 24.5 Å². The lowest BCUT2D eigenvalue weighted by molar-refractivity contribution is -0.133. The third kappa shape index (κ3) is 4.21. The van der Waals surface area contributed by atoms with Gasteiger partial charge < -0.3 is 19.3 Å². The van der Waals surface area contributed by atoms with Gasteiger partial charge in [0.05, 0.1) is 7.11 Å². The Labute approximate surface area is 146 Å². The van der Waals surface area contributed by atoms with Gasteiger partial charge in [0.15, 0.2) is 18.2 Å². The molecule has 1 fully saturated rings. The van der Waals surface area contributed by atoms with E-state index in [1.54, 1.807) is 24.1 Å². The molecule has 1 aliphatic heterocycles. The third-order valence-electron chi connectivity index (χ3n) is 4.26. The zero-order chi connectivity index (χ0) is 17.6. The molecule has 1 saturated heterocycles. The fraction of sp³-hybridized carbons (Fsp3) is 0.316. The van der Waals surface area contributed by atoms with Crippen molar-refractivity contribution < 1.29 is 18.7 Å². The normalized spacial score (nSPS) is 14.3. The maximum absolute atomic E-state index is 13.5. The lowest BCUT2D eigenvalue weighted by Gasteiger charge is -2.36. The molecule has 0 radical (unpaired) electrons. The summed E-state index contributed by atoms with van der Waals surface area (Å²) in [5, 5.41) is 0. The van der Waals surface area contributed by atoms with E-state index in [0.29, 0.717) is 13.1 Å². The minimum absolute atomic E-state index is 0.104. The number of benzene rings is 2. The van der Waals surface area contributed by atoms with Gasteiger partial charge in [-0.25, -0.2) is 4.39 Å². The van der Waals surface area contributed by atoms with Gasteiger partial charge in [0, 0.05) is 31.9 Å². The third-order valence-corrected chi connectivity index (χ3v) is 4.26. The first-order valence-corrected chi connectivity index (χ1v) is 8.21. The molecule has 2 aromatic carbocycles. The maximum atomic E-state index is 13.5. The van der Waals surface area contributed by atoms with Crippen molar-refractivity contribution in [3.8, 4) is 11.5 Å². The molecule has 0 saturated carbocycles. The molecule has 1 aliphatic rings. The van der Waals surface area contributed by atoms with Gasteiger partial charge in [0.25, 0.3) is 5.91 Å². The van der Waals surface area contributed by atoms with Crippen LogP contribution in [0.3, 0.4) is 0 Å². The van der Waals surface area contributed by atoms with E-state index < -0.39 is 5.82 Å². The predicted octanol–water partition coefficient (Wildman–Crippen LogP) is 2.56. The number of anilines is 1. The summed E-state index contributed by atoms with van der Waals surface area (Å²) in [6.45, 7) is 2.58. The molecule has 0 aliphatic carbocycles. The fourth-order valence-electron chi connectivity index (χ4n) is 2.80. The second-order valence-electron chi connectivity index (χ2n) is 5.78. The van der Waals surface area contributed by atoms with E-state index >= 15 is 0 Å². The van der Waals surface area contributed by atoms with Crippen molar-refractivity contribution in [1.29, 1.82) is 0 Å². The van der Waals surface area contributed by atoms with Gasteiger partial charge in [-0.05, 0) is 36.4 Å². The first-order chi connectivity index (χ1) is 12.2. The highest BCUT2D eigenvalue weighted by Crippen LogP contribution is 2.21. The second kappa shape index (κ2) is 7.88. The first kappa shape index (κ1) is 17.1. The Morgan fingerprint density at radius 3 is 2.36 bits per heavy atom. The van der Waals surface area contributed by atoms with Gasteiger partial charge in [-0.3, -0.25) is 4.79 Å². The van der Waals surface area contributed by atoms with Crippen LogP contribution in [-0.2, 0) is 4.79 Å². The zero-order valence-electron chi connectivity index (χ0n) is 14.2. The fourth-order valence-corrected chi connectivity index (χ4v) is 2.80. The summed E-state index contributed by atoms with van der Waals surface area (Å²) in [7, 11) is 1.64. The average molecular weight is 344 g/mol. The quantitative estimate of drug-likeness (QED) is 0.836. The Morgan fingerprint density at radius 2 is 1.72 bits per heavy atom. The lowest BCUT2D eigenvalue weighted by Crippen LogP contribution is -2.50. The molecule has 3 rings (SSSR count). The number of nitrogens with zero attached hydrogens (tertiary/aromatic N) is 2. The molecule has 0 unspecified atom stereocenters. The number of carbonyl (C=O) groups excluding carboxylic acids is 1. The number of hydrogen-bond donors (Lipinski definition) is 0. The molecule has 0 bridgehead atoms. The summed E-state index contributed by atoms with van der Waals surface area (Å²) >= 11 is 0. The van der Waals surface area contributed by atoms with E-state index in [4.69, 9.17) is 9.47 Å². The van der Waals surface area contributed by atoms with Crippen LogP contribution in [0.1, 0.15) is 0 Å². The Kier molecular flexibility index (Phi) is 5.38. The SMILES string of the molecule is COc1ccc(N2CCN(C(=O)COc3ccccc3F)CC2)cc1. The highest BCUT2D eigenvalue weighted by atomic mass is 19.1. The minimum atomic E-state index is -0.459. The summed E-state index contributed by atoms with van der Waals surface area (Å²) in [4.78, 5) is 16.2. The predicted molar refractivity (Wildman–Crippen MR) is 93.7 cm³/mol. The Morgan fingerprint density at radius 1 is 1.04 bits per heavy atom. The monoisotopic (exact) mass is 344 g/mol. The number of ether oxygens (including phenoxy) is 2. The van der Waals surface area contributed by atoms with Gasteiger partial charge >= 0.3 is 0 Å². The van der Waals surface area contributed by atoms with Gasteiger partial charge in [-0.15, -0.1) is 0 Å². The summed E-state index contributed by atoms with van der Waals surface area (Å²) in [6.07, 6.45) is 0. The first-order valence-electron chi connectivity index (χ1n) is 8.21. The molecule has 6 heteroatoms. The maximum Gasteiger partial charge on any atom is 0.260 e. The minimum Gasteiger partial charge on any atom is -0.497 e. The molecular formula is C19H21FN2O3. The Balaban J connectivity index is 1.49. The molecule has 0 aromatic heterocycles. The number of rotatable bonds is 5. The van der Waals surface area contributed by atoms with Crippen molar-refractivity contribution in [1.82, 2.24) is 4.90 Å². The molecule has 1 amide bonds. The van der Waals surface area contributed by atoms with Crippen LogP contribution in [0.4, 0.5) is 10.1 Å². The van der Waals surface area contributed by atoms with Crippen molar-refractivity contribution in [2.75, 3.05) is 44.8 Å². The topological polar surface area (TPSA) is 42.0 Å². The van der Waals surface area contributed by atoms with E-state index in [9.17, 15) is 9.18 Å².